The Morgan fingerprint density at radius 1 is 1.67 bits per heavy atom. The molecule has 0 fully saturated rings. The van der Waals surface area contributed by atoms with Crippen LogP contribution in [0.2, 0.25) is 0 Å². The minimum absolute atomic E-state index is 0.307. The van der Waals surface area contributed by atoms with E-state index in [1.807, 2.05) is 6.92 Å². The SMILES string of the molecule is Cc1ncc(Cn2cccc2C(=O)O)s1. The Labute approximate surface area is 90.8 Å². The highest BCUT2D eigenvalue weighted by molar-refractivity contribution is 7.11. The Kier molecular flexibility index (Phi) is 2.55. The van der Waals surface area contributed by atoms with Crippen molar-refractivity contribution in [1.82, 2.24) is 9.55 Å². The second-order valence-corrected chi connectivity index (χ2v) is 4.49. The summed E-state index contributed by atoms with van der Waals surface area (Å²) in [5.41, 5.74) is 0.307. The summed E-state index contributed by atoms with van der Waals surface area (Å²) in [6, 6.07) is 3.33. The summed E-state index contributed by atoms with van der Waals surface area (Å²) >= 11 is 1.58. The molecular weight excluding hydrogens is 212 g/mol. The maximum Gasteiger partial charge on any atom is 0.352 e. The van der Waals surface area contributed by atoms with E-state index in [0.29, 0.717) is 12.2 Å². The van der Waals surface area contributed by atoms with E-state index in [2.05, 4.69) is 4.98 Å². The normalized spacial score (nSPS) is 10.5. The van der Waals surface area contributed by atoms with Gasteiger partial charge in [0.25, 0.3) is 0 Å². The van der Waals surface area contributed by atoms with Crippen LogP contribution in [0.25, 0.3) is 0 Å². The van der Waals surface area contributed by atoms with Gasteiger partial charge in [-0.3, -0.25) is 0 Å². The number of carboxylic acids is 1. The molecular formula is C10H10N2O2S. The maximum absolute atomic E-state index is 10.8. The molecule has 2 heterocycles. The van der Waals surface area contributed by atoms with E-state index in [1.165, 1.54) is 0 Å². The summed E-state index contributed by atoms with van der Waals surface area (Å²) in [5, 5.41) is 9.90. The molecule has 0 bridgehead atoms. The molecule has 0 saturated heterocycles. The van der Waals surface area contributed by atoms with Crippen LogP contribution in [0.3, 0.4) is 0 Å². The first-order valence-corrected chi connectivity index (χ1v) is 5.28. The van der Waals surface area contributed by atoms with Gasteiger partial charge in [0, 0.05) is 17.3 Å². The molecule has 78 valence electrons. The van der Waals surface area contributed by atoms with Gasteiger partial charge in [-0.05, 0) is 19.1 Å². The Balaban J connectivity index is 2.24. The van der Waals surface area contributed by atoms with Crippen LogP contribution in [-0.4, -0.2) is 20.6 Å². The summed E-state index contributed by atoms with van der Waals surface area (Å²) in [6.45, 7) is 2.50. The summed E-state index contributed by atoms with van der Waals surface area (Å²) < 4.78 is 1.70. The summed E-state index contributed by atoms with van der Waals surface area (Å²) in [7, 11) is 0. The highest BCUT2D eigenvalue weighted by Crippen LogP contribution is 2.14. The molecule has 2 aromatic rings. The number of thiazole rings is 1. The number of aromatic carboxylic acids is 1. The largest absolute Gasteiger partial charge is 0.477 e. The number of nitrogens with zero attached hydrogens (tertiary/aromatic N) is 2. The number of rotatable bonds is 3. The zero-order valence-electron chi connectivity index (χ0n) is 8.17. The lowest BCUT2D eigenvalue weighted by molar-refractivity contribution is 0.0686. The third-order valence-electron chi connectivity index (χ3n) is 2.04. The molecule has 15 heavy (non-hydrogen) atoms. The zero-order chi connectivity index (χ0) is 10.8. The minimum Gasteiger partial charge on any atom is -0.477 e. The Bertz CT molecular complexity index is 487. The van der Waals surface area contributed by atoms with Crippen LogP contribution in [0.15, 0.2) is 24.5 Å². The average molecular weight is 222 g/mol. The fraction of sp³-hybridized carbons (Fsp3) is 0.200. The second kappa shape index (κ2) is 3.86. The molecule has 4 nitrogen and oxygen atoms in total. The maximum atomic E-state index is 10.8. The van der Waals surface area contributed by atoms with Crippen molar-refractivity contribution in [2.75, 3.05) is 0 Å². The Morgan fingerprint density at radius 2 is 2.47 bits per heavy atom. The number of hydrogen-bond donors (Lipinski definition) is 1. The zero-order valence-corrected chi connectivity index (χ0v) is 8.99. The fourth-order valence-electron chi connectivity index (χ4n) is 1.39. The lowest BCUT2D eigenvalue weighted by Crippen LogP contribution is -2.07. The minimum atomic E-state index is -0.902. The van der Waals surface area contributed by atoms with Crippen molar-refractivity contribution in [3.8, 4) is 0 Å². The van der Waals surface area contributed by atoms with E-state index < -0.39 is 5.97 Å². The van der Waals surface area contributed by atoms with E-state index in [-0.39, 0.29) is 0 Å². The van der Waals surface area contributed by atoms with Gasteiger partial charge in [-0.25, -0.2) is 9.78 Å². The van der Waals surface area contributed by atoms with Gasteiger partial charge in [-0.2, -0.15) is 0 Å². The molecule has 0 aliphatic heterocycles. The first-order valence-electron chi connectivity index (χ1n) is 4.46. The molecule has 0 aromatic carbocycles. The molecule has 0 aliphatic rings. The van der Waals surface area contributed by atoms with E-state index in [1.54, 1.807) is 40.4 Å². The highest BCUT2D eigenvalue weighted by Gasteiger charge is 2.09. The van der Waals surface area contributed by atoms with Crippen LogP contribution < -0.4 is 0 Å². The van der Waals surface area contributed by atoms with Crippen LogP contribution in [0, 0.1) is 6.92 Å². The lowest BCUT2D eigenvalue weighted by atomic mass is 10.4. The number of carboxylic acid groups (broad SMARTS) is 1. The number of aromatic nitrogens is 2. The summed E-state index contributed by atoms with van der Waals surface area (Å²) in [4.78, 5) is 16.0. The van der Waals surface area contributed by atoms with Crippen LogP contribution in [0.5, 0.6) is 0 Å². The predicted molar refractivity (Wildman–Crippen MR) is 57.3 cm³/mol. The monoisotopic (exact) mass is 222 g/mol. The van der Waals surface area contributed by atoms with Crippen molar-refractivity contribution in [2.45, 2.75) is 13.5 Å². The number of hydrogen-bond acceptors (Lipinski definition) is 3. The van der Waals surface area contributed by atoms with Gasteiger partial charge in [0.05, 0.1) is 11.6 Å². The van der Waals surface area contributed by atoms with Gasteiger partial charge >= 0.3 is 5.97 Å². The first kappa shape index (κ1) is 9.92. The number of carbonyl (C=O) groups is 1. The molecule has 0 aliphatic carbocycles. The van der Waals surface area contributed by atoms with Crippen LogP contribution in [-0.2, 0) is 6.54 Å². The second-order valence-electron chi connectivity index (χ2n) is 3.17. The third kappa shape index (κ3) is 2.07. The molecule has 0 radical (unpaired) electrons. The Hall–Kier alpha value is -1.62. The molecule has 2 rings (SSSR count). The van der Waals surface area contributed by atoms with Crippen molar-refractivity contribution in [1.29, 1.82) is 0 Å². The smallest absolute Gasteiger partial charge is 0.352 e. The van der Waals surface area contributed by atoms with Crippen LogP contribution in [0.1, 0.15) is 20.4 Å². The van der Waals surface area contributed by atoms with Gasteiger partial charge < -0.3 is 9.67 Å². The van der Waals surface area contributed by atoms with Gasteiger partial charge in [0.15, 0.2) is 0 Å². The molecule has 0 unspecified atom stereocenters. The standard InChI is InChI=1S/C10H10N2O2S/c1-7-11-5-8(15-7)6-12-4-2-3-9(12)10(13)14/h2-5H,6H2,1H3,(H,13,14). The molecule has 0 amide bonds. The Morgan fingerprint density at radius 3 is 3.07 bits per heavy atom. The molecule has 5 heteroatoms. The van der Waals surface area contributed by atoms with Gasteiger partial charge in [0.2, 0.25) is 0 Å². The quantitative estimate of drug-likeness (QED) is 0.864. The predicted octanol–water partition coefficient (Wildman–Crippen LogP) is 2.00. The van der Waals surface area contributed by atoms with Crippen molar-refractivity contribution in [2.24, 2.45) is 0 Å². The van der Waals surface area contributed by atoms with E-state index in [0.717, 1.165) is 9.88 Å². The van der Waals surface area contributed by atoms with Crippen molar-refractivity contribution in [3.05, 3.63) is 40.1 Å². The molecule has 2 aromatic heterocycles. The summed E-state index contributed by atoms with van der Waals surface area (Å²) in [6.07, 6.45) is 3.55. The molecule has 1 N–H and O–H groups in total. The van der Waals surface area contributed by atoms with E-state index >= 15 is 0 Å². The molecule has 0 spiro atoms. The fourth-order valence-corrected chi connectivity index (χ4v) is 2.19. The van der Waals surface area contributed by atoms with Crippen molar-refractivity contribution < 1.29 is 9.90 Å². The van der Waals surface area contributed by atoms with Crippen molar-refractivity contribution >= 4 is 17.3 Å². The van der Waals surface area contributed by atoms with Crippen LogP contribution in [0.4, 0.5) is 0 Å². The van der Waals surface area contributed by atoms with Gasteiger partial charge in [-0.15, -0.1) is 11.3 Å². The lowest BCUT2D eigenvalue weighted by Gasteiger charge is -2.02. The van der Waals surface area contributed by atoms with Gasteiger partial charge in [-0.1, -0.05) is 0 Å². The summed E-state index contributed by atoms with van der Waals surface area (Å²) in [5.74, 6) is -0.902. The molecule has 0 saturated carbocycles. The molecule has 0 atom stereocenters. The van der Waals surface area contributed by atoms with Crippen LogP contribution >= 0.6 is 11.3 Å². The number of aryl methyl sites for hydroxylation is 1. The van der Waals surface area contributed by atoms with Crippen molar-refractivity contribution in [3.63, 3.8) is 0 Å². The third-order valence-corrected chi connectivity index (χ3v) is 2.94. The highest BCUT2D eigenvalue weighted by atomic mass is 32.1. The topological polar surface area (TPSA) is 55.1 Å². The first-order chi connectivity index (χ1) is 7.16. The van der Waals surface area contributed by atoms with E-state index in [9.17, 15) is 4.79 Å². The van der Waals surface area contributed by atoms with Gasteiger partial charge in [0.1, 0.15) is 5.69 Å². The van der Waals surface area contributed by atoms with E-state index in [4.69, 9.17) is 5.11 Å². The average Bonchev–Trinajstić information content (AvgIpc) is 2.75.